The van der Waals surface area contributed by atoms with Crippen molar-refractivity contribution in [3.05, 3.63) is 17.0 Å². The minimum atomic E-state index is -3.71. The van der Waals surface area contributed by atoms with Crippen LogP contribution in [0.25, 0.3) is 0 Å². The van der Waals surface area contributed by atoms with E-state index in [0.29, 0.717) is 0 Å². The van der Waals surface area contributed by atoms with Gasteiger partial charge >= 0.3 is 5.97 Å². The second-order valence-electron chi connectivity index (χ2n) is 6.09. The van der Waals surface area contributed by atoms with Gasteiger partial charge in [0.25, 0.3) is 0 Å². The number of esters is 1. The number of carbonyl (C=O) groups is 1. The van der Waals surface area contributed by atoms with Gasteiger partial charge in [0.05, 0.1) is 12.7 Å². The van der Waals surface area contributed by atoms with E-state index in [4.69, 9.17) is 0 Å². The molecular formula is C12H21NO4S2Si. The van der Waals surface area contributed by atoms with E-state index in [1.165, 1.54) is 13.2 Å². The Morgan fingerprint density at radius 3 is 2.35 bits per heavy atom. The first-order valence-corrected chi connectivity index (χ1v) is 11.5. The molecule has 0 saturated carbocycles. The molecule has 0 aliphatic carbocycles. The minimum absolute atomic E-state index is 0.0224. The Balaban J connectivity index is 3.20. The molecule has 0 spiro atoms. The molecule has 0 saturated heterocycles. The third-order valence-corrected chi connectivity index (χ3v) is 12.8. The number of hydrogen-bond acceptors (Lipinski definition) is 5. The molecule has 114 valence electrons. The fourth-order valence-corrected chi connectivity index (χ4v) is 7.68. The molecule has 20 heavy (non-hydrogen) atoms. The summed E-state index contributed by atoms with van der Waals surface area (Å²) in [5.74, 6) is -0.637. The average molecular weight is 336 g/mol. The number of methoxy groups -OCH3 is 1. The van der Waals surface area contributed by atoms with Crippen molar-refractivity contribution in [2.45, 2.75) is 43.1 Å². The summed E-state index contributed by atoms with van der Waals surface area (Å²) in [5.41, 5.74) is 0.0868. The molecule has 0 aliphatic rings. The number of rotatable bonds is 4. The van der Waals surface area contributed by atoms with Crippen molar-refractivity contribution in [3.63, 3.8) is 0 Å². The second kappa shape index (κ2) is 5.59. The van der Waals surface area contributed by atoms with Gasteiger partial charge in [0.15, 0.2) is 0 Å². The van der Waals surface area contributed by atoms with Crippen molar-refractivity contribution in [3.8, 4) is 0 Å². The highest BCUT2D eigenvalue weighted by Crippen LogP contribution is 2.35. The Morgan fingerprint density at radius 2 is 1.90 bits per heavy atom. The van der Waals surface area contributed by atoms with Crippen LogP contribution in [0.5, 0.6) is 0 Å². The van der Waals surface area contributed by atoms with Gasteiger partial charge < -0.3 is 4.74 Å². The summed E-state index contributed by atoms with van der Waals surface area (Å²) in [6.07, 6.45) is 0. The van der Waals surface area contributed by atoms with Crippen LogP contribution in [0.2, 0.25) is 18.1 Å². The summed E-state index contributed by atoms with van der Waals surface area (Å²) < 4.78 is 32.5. The highest BCUT2D eigenvalue weighted by atomic mass is 32.2. The van der Waals surface area contributed by atoms with E-state index in [-0.39, 0.29) is 14.8 Å². The fraction of sp³-hybridized carbons (Fsp3) is 0.583. The molecule has 1 aromatic heterocycles. The summed E-state index contributed by atoms with van der Waals surface area (Å²) in [6.45, 7) is 9.94. The van der Waals surface area contributed by atoms with Crippen LogP contribution < -0.4 is 4.39 Å². The molecule has 0 fully saturated rings. The van der Waals surface area contributed by atoms with E-state index in [1.807, 2.05) is 33.9 Å². The van der Waals surface area contributed by atoms with Gasteiger partial charge in [0.2, 0.25) is 10.0 Å². The van der Waals surface area contributed by atoms with Crippen molar-refractivity contribution in [2.75, 3.05) is 7.11 Å². The molecule has 0 aromatic carbocycles. The predicted octanol–water partition coefficient (Wildman–Crippen LogP) is 2.82. The van der Waals surface area contributed by atoms with Crippen molar-refractivity contribution < 1.29 is 17.9 Å². The lowest BCUT2D eigenvalue weighted by molar-refractivity contribution is 0.0597. The molecule has 0 atom stereocenters. The van der Waals surface area contributed by atoms with Crippen molar-refractivity contribution in [1.29, 1.82) is 0 Å². The van der Waals surface area contributed by atoms with Crippen LogP contribution in [-0.4, -0.2) is 29.7 Å². The lowest BCUT2D eigenvalue weighted by Gasteiger charge is -2.36. The van der Waals surface area contributed by atoms with Crippen LogP contribution in [0.4, 0.5) is 0 Å². The Labute approximate surface area is 125 Å². The molecule has 0 bridgehead atoms. The topological polar surface area (TPSA) is 72.5 Å². The summed E-state index contributed by atoms with van der Waals surface area (Å²) in [6, 6.07) is 1.47. The van der Waals surface area contributed by atoms with Gasteiger partial charge in [-0.05, 0) is 16.5 Å². The maximum absolute atomic E-state index is 12.5. The zero-order valence-electron chi connectivity index (χ0n) is 12.6. The van der Waals surface area contributed by atoms with E-state index in [2.05, 4.69) is 9.12 Å². The third kappa shape index (κ3) is 3.49. The van der Waals surface area contributed by atoms with Crippen molar-refractivity contribution in [1.82, 2.24) is 4.39 Å². The summed E-state index contributed by atoms with van der Waals surface area (Å²) in [4.78, 5) is 11.6. The van der Waals surface area contributed by atoms with Gasteiger partial charge in [-0.25, -0.2) is 17.6 Å². The van der Waals surface area contributed by atoms with E-state index in [0.717, 1.165) is 11.3 Å². The number of ether oxygens (including phenoxy) is 1. The van der Waals surface area contributed by atoms with Gasteiger partial charge in [-0.3, -0.25) is 0 Å². The molecule has 5 nitrogen and oxygen atoms in total. The number of carbonyl (C=O) groups excluding carboxylic acids is 1. The van der Waals surface area contributed by atoms with Gasteiger partial charge in [-0.2, -0.15) is 0 Å². The minimum Gasteiger partial charge on any atom is -0.465 e. The lowest BCUT2D eigenvalue weighted by atomic mass is 10.2. The van der Waals surface area contributed by atoms with Crippen LogP contribution in [-0.2, 0) is 14.8 Å². The van der Waals surface area contributed by atoms with Crippen LogP contribution in [0.1, 0.15) is 31.1 Å². The summed E-state index contributed by atoms with van der Waals surface area (Å²) in [5, 5.41) is 1.44. The van der Waals surface area contributed by atoms with Crippen molar-refractivity contribution >= 4 is 35.6 Å². The first-order chi connectivity index (χ1) is 8.92. The number of nitrogens with one attached hydrogen (secondary N) is 1. The maximum atomic E-state index is 12.5. The van der Waals surface area contributed by atoms with Crippen LogP contribution >= 0.6 is 11.3 Å². The molecule has 1 aromatic rings. The maximum Gasteiger partial charge on any atom is 0.340 e. The molecule has 0 unspecified atom stereocenters. The zero-order valence-corrected chi connectivity index (χ0v) is 15.2. The fourth-order valence-electron chi connectivity index (χ4n) is 1.30. The molecule has 8 heteroatoms. The average Bonchev–Trinajstić information content (AvgIpc) is 2.74. The van der Waals surface area contributed by atoms with E-state index in [9.17, 15) is 13.2 Å². The van der Waals surface area contributed by atoms with Crippen molar-refractivity contribution in [2.24, 2.45) is 0 Å². The first-order valence-electron chi connectivity index (χ1n) is 6.12. The zero-order chi connectivity index (χ0) is 15.8. The molecule has 1 N–H and O–H groups in total. The Bertz CT molecular complexity index is 599. The standard InChI is InChI=1S/C12H21NO4S2Si/c1-12(2,3)20(5,6)13-19(15,16)11-9(7-8-18-11)10(14)17-4/h7-8,13H,1-6H3. The Morgan fingerprint density at radius 1 is 1.35 bits per heavy atom. The van der Waals surface area contributed by atoms with E-state index >= 15 is 0 Å². The molecule has 1 heterocycles. The largest absolute Gasteiger partial charge is 0.465 e. The van der Waals surface area contributed by atoms with Crippen LogP contribution in [0, 0.1) is 0 Å². The number of sulfonamides is 1. The number of hydrogen-bond donors (Lipinski definition) is 1. The van der Waals surface area contributed by atoms with Gasteiger partial charge in [0, 0.05) is 0 Å². The monoisotopic (exact) mass is 335 g/mol. The predicted molar refractivity (Wildman–Crippen MR) is 83.2 cm³/mol. The van der Waals surface area contributed by atoms with Crippen LogP contribution in [0.15, 0.2) is 15.7 Å². The van der Waals surface area contributed by atoms with E-state index in [1.54, 1.807) is 5.38 Å². The highest BCUT2D eigenvalue weighted by molar-refractivity contribution is 7.93. The number of thiophene rings is 1. The van der Waals surface area contributed by atoms with E-state index < -0.39 is 24.2 Å². The quantitative estimate of drug-likeness (QED) is 0.678. The van der Waals surface area contributed by atoms with Gasteiger partial charge in [-0.1, -0.05) is 33.9 Å². The van der Waals surface area contributed by atoms with Crippen LogP contribution in [0.3, 0.4) is 0 Å². The third-order valence-electron chi connectivity index (χ3n) is 3.54. The lowest BCUT2D eigenvalue weighted by Crippen LogP contribution is -2.54. The Kier molecular flexibility index (Phi) is 4.85. The SMILES string of the molecule is COC(=O)c1ccsc1S(=O)(=O)N[Si](C)(C)C(C)(C)C. The smallest absolute Gasteiger partial charge is 0.340 e. The molecule has 1 rings (SSSR count). The second-order valence-corrected chi connectivity index (χ2v) is 14.2. The normalized spacial score (nSPS) is 13.3. The van der Waals surface area contributed by atoms with Gasteiger partial charge in [-0.15, -0.1) is 11.3 Å². The molecule has 0 amide bonds. The highest BCUT2D eigenvalue weighted by Gasteiger charge is 2.40. The molecular weight excluding hydrogens is 314 g/mol. The van der Waals surface area contributed by atoms with Gasteiger partial charge in [0.1, 0.15) is 12.4 Å². The Hall–Kier alpha value is -0.703. The first kappa shape index (κ1) is 17.3. The molecule has 0 aliphatic heterocycles. The summed E-state index contributed by atoms with van der Waals surface area (Å²) in [7, 11) is -4.73. The molecule has 0 radical (unpaired) electrons. The summed E-state index contributed by atoms with van der Waals surface area (Å²) >= 11 is 1.02.